The van der Waals surface area contributed by atoms with Crippen LogP contribution in [0.3, 0.4) is 0 Å². The first-order chi connectivity index (χ1) is 9.63. The maximum atomic E-state index is 11.6. The first-order valence-electron chi connectivity index (χ1n) is 6.58. The number of benzene rings is 1. The molecule has 1 aromatic carbocycles. The lowest BCUT2D eigenvalue weighted by Gasteiger charge is -2.25. The van der Waals surface area contributed by atoms with Crippen molar-refractivity contribution in [2.24, 2.45) is 0 Å². The van der Waals surface area contributed by atoms with E-state index >= 15 is 0 Å². The van der Waals surface area contributed by atoms with Crippen LogP contribution in [-0.2, 0) is 0 Å². The number of rotatable bonds is 5. The topological polar surface area (TPSA) is 95.0 Å². The molecule has 0 aliphatic heterocycles. The van der Waals surface area contributed by atoms with Gasteiger partial charge in [-0.25, -0.2) is 4.79 Å². The molecule has 6 nitrogen and oxygen atoms in total. The molecular formula is C14H18N4O2. The summed E-state index contributed by atoms with van der Waals surface area (Å²) in [6.07, 6.45) is 1.92. The third-order valence-corrected chi connectivity index (χ3v) is 3.03. The molecule has 0 saturated heterocycles. The van der Waals surface area contributed by atoms with Gasteiger partial charge in [-0.1, -0.05) is 31.5 Å². The first-order valence-corrected chi connectivity index (χ1v) is 6.58. The van der Waals surface area contributed by atoms with Crippen LogP contribution in [0.4, 0.5) is 17.2 Å². The Kier molecular flexibility index (Phi) is 4.24. The molecule has 0 aliphatic rings. The van der Waals surface area contributed by atoms with E-state index in [0.717, 1.165) is 18.5 Å². The van der Waals surface area contributed by atoms with Crippen molar-refractivity contribution in [1.29, 1.82) is 0 Å². The van der Waals surface area contributed by atoms with E-state index in [-0.39, 0.29) is 5.69 Å². The lowest BCUT2D eigenvalue weighted by atomic mass is 10.2. The average molecular weight is 274 g/mol. The summed E-state index contributed by atoms with van der Waals surface area (Å²) < 4.78 is 0. The fraction of sp³-hybridized carbons (Fsp3) is 0.286. The molecule has 0 spiro atoms. The number of nitrogens with two attached hydrogens (primary N) is 1. The third-order valence-electron chi connectivity index (χ3n) is 3.03. The first kappa shape index (κ1) is 13.9. The van der Waals surface area contributed by atoms with Gasteiger partial charge >= 0.3 is 5.69 Å². The number of nitrogens with zero attached hydrogens (tertiary/aromatic N) is 1. The Hall–Kier alpha value is -2.50. The largest absolute Gasteiger partial charge is 0.391 e. The zero-order valence-corrected chi connectivity index (χ0v) is 11.3. The number of nitrogens with one attached hydrogen (secondary N) is 2. The van der Waals surface area contributed by atoms with Gasteiger partial charge in [0.15, 0.2) is 0 Å². The molecule has 0 amide bonds. The fourth-order valence-electron chi connectivity index (χ4n) is 1.99. The van der Waals surface area contributed by atoms with Crippen molar-refractivity contribution in [3.63, 3.8) is 0 Å². The highest BCUT2D eigenvalue weighted by Crippen LogP contribution is 2.25. The second-order valence-corrected chi connectivity index (χ2v) is 4.51. The number of unbranched alkanes of at least 4 members (excludes halogenated alkanes) is 1. The van der Waals surface area contributed by atoms with Crippen LogP contribution >= 0.6 is 0 Å². The van der Waals surface area contributed by atoms with Crippen molar-refractivity contribution in [2.45, 2.75) is 19.8 Å². The predicted molar refractivity (Wildman–Crippen MR) is 80.5 cm³/mol. The fourth-order valence-corrected chi connectivity index (χ4v) is 1.99. The molecule has 0 saturated carbocycles. The summed E-state index contributed by atoms with van der Waals surface area (Å²) >= 11 is 0. The molecular weight excluding hydrogens is 256 g/mol. The van der Waals surface area contributed by atoms with Crippen LogP contribution in [0.1, 0.15) is 19.8 Å². The molecule has 2 aromatic rings. The van der Waals surface area contributed by atoms with E-state index in [1.165, 1.54) is 0 Å². The maximum absolute atomic E-state index is 11.6. The number of anilines is 3. The zero-order valence-electron chi connectivity index (χ0n) is 11.3. The van der Waals surface area contributed by atoms with E-state index in [2.05, 4.69) is 16.9 Å². The lowest BCUT2D eigenvalue weighted by Crippen LogP contribution is -2.31. The summed E-state index contributed by atoms with van der Waals surface area (Å²) in [6, 6.07) is 9.53. The van der Waals surface area contributed by atoms with Crippen LogP contribution in [0.25, 0.3) is 0 Å². The van der Waals surface area contributed by atoms with Gasteiger partial charge in [0.25, 0.3) is 5.56 Å². The van der Waals surface area contributed by atoms with Crippen molar-refractivity contribution < 1.29 is 0 Å². The number of aromatic nitrogens is 2. The molecule has 106 valence electrons. The number of hydrogen-bond donors (Lipinski definition) is 3. The van der Waals surface area contributed by atoms with Gasteiger partial charge in [0, 0.05) is 12.2 Å². The summed E-state index contributed by atoms with van der Waals surface area (Å²) in [5, 5.41) is 0. The third kappa shape index (κ3) is 2.90. The molecule has 0 aliphatic carbocycles. The van der Waals surface area contributed by atoms with Gasteiger partial charge in [-0.2, -0.15) is 0 Å². The molecule has 0 bridgehead atoms. The summed E-state index contributed by atoms with van der Waals surface area (Å²) in [5.41, 5.74) is 5.58. The van der Waals surface area contributed by atoms with Crippen molar-refractivity contribution in [2.75, 3.05) is 17.2 Å². The van der Waals surface area contributed by atoms with Crippen molar-refractivity contribution in [3.8, 4) is 0 Å². The van der Waals surface area contributed by atoms with Crippen LogP contribution in [-0.4, -0.2) is 16.5 Å². The molecule has 1 aromatic heterocycles. The Balaban J connectivity index is 2.52. The van der Waals surface area contributed by atoms with E-state index in [1.807, 2.05) is 35.2 Å². The van der Waals surface area contributed by atoms with E-state index in [1.54, 1.807) is 0 Å². The number of nitrogen functional groups attached to an aromatic ring is 1. The SMILES string of the molecule is CCCCN(c1ccccc1)c1[nH]c(=O)[nH]c(=O)c1N. The van der Waals surface area contributed by atoms with Crippen LogP contribution in [0.2, 0.25) is 0 Å². The minimum absolute atomic E-state index is 0.0181. The van der Waals surface area contributed by atoms with Crippen LogP contribution < -0.4 is 21.9 Å². The van der Waals surface area contributed by atoms with Gasteiger partial charge in [-0.05, 0) is 18.6 Å². The molecule has 0 unspecified atom stereocenters. The molecule has 20 heavy (non-hydrogen) atoms. The average Bonchev–Trinajstić information content (AvgIpc) is 2.45. The van der Waals surface area contributed by atoms with Gasteiger partial charge < -0.3 is 10.6 Å². The molecule has 4 N–H and O–H groups in total. The van der Waals surface area contributed by atoms with Crippen molar-refractivity contribution >= 4 is 17.2 Å². The van der Waals surface area contributed by atoms with Gasteiger partial charge in [0.2, 0.25) is 0 Å². The van der Waals surface area contributed by atoms with Crippen LogP contribution in [0.15, 0.2) is 39.9 Å². The van der Waals surface area contributed by atoms with E-state index in [4.69, 9.17) is 5.73 Å². The molecule has 2 rings (SSSR count). The zero-order chi connectivity index (χ0) is 14.5. The smallest absolute Gasteiger partial charge is 0.327 e. The predicted octanol–water partition coefficient (Wildman–Crippen LogP) is 1.58. The Morgan fingerprint density at radius 2 is 1.85 bits per heavy atom. The van der Waals surface area contributed by atoms with E-state index in [9.17, 15) is 9.59 Å². The normalized spacial score (nSPS) is 10.4. The summed E-state index contributed by atoms with van der Waals surface area (Å²) in [5.74, 6) is 0.346. The van der Waals surface area contributed by atoms with E-state index in [0.29, 0.717) is 12.4 Å². The lowest BCUT2D eigenvalue weighted by molar-refractivity contribution is 0.776. The number of H-pyrrole nitrogens is 2. The minimum atomic E-state index is -0.568. The Morgan fingerprint density at radius 3 is 2.50 bits per heavy atom. The molecule has 0 fully saturated rings. The van der Waals surface area contributed by atoms with Crippen LogP contribution in [0.5, 0.6) is 0 Å². The highest BCUT2D eigenvalue weighted by atomic mass is 16.2. The molecule has 0 radical (unpaired) electrons. The maximum Gasteiger partial charge on any atom is 0.327 e. The molecule has 1 heterocycles. The molecule has 6 heteroatoms. The van der Waals surface area contributed by atoms with Crippen LogP contribution in [0, 0.1) is 0 Å². The van der Waals surface area contributed by atoms with Gasteiger partial charge in [0.05, 0.1) is 0 Å². The monoisotopic (exact) mass is 274 g/mol. The quantitative estimate of drug-likeness (QED) is 0.771. The highest BCUT2D eigenvalue weighted by molar-refractivity contribution is 5.70. The van der Waals surface area contributed by atoms with Crippen molar-refractivity contribution in [1.82, 2.24) is 9.97 Å². The van der Waals surface area contributed by atoms with Gasteiger partial charge in [0.1, 0.15) is 11.5 Å². The molecule has 0 atom stereocenters. The number of hydrogen-bond acceptors (Lipinski definition) is 4. The highest BCUT2D eigenvalue weighted by Gasteiger charge is 2.15. The summed E-state index contributed by atoms with van der Waals surface area (Å²) in [4.78, 5) is 29.7. The Bertz CT molecular complexity index is 676. The Morgan fingerprint density at radius 1 is 1.15 bits per heavy atom. The minimum Gasteiger partial charge on any atom is -0.391 e. The van der Waals surface area contributed by atoms with Gasteiger partial charge in [-0.3, -0.25) is 14.8 Å². The standard InChI is InChI=1S/C14H18N4O2/c1-2-3-9-18(10-7-5-4-6-8-10)12-11(15)13(19)17-14(20)16-12/h4-8H,2-3,9,15H2,1H3,(H2,16,17,19,20). The van der Waals surface area contributed by atoms with Crippen molar-refractivity contribution in [3.05, 3.63) is 51.2 Å². The van der Waals surface area contributed by atoms with E-state index < -0.39 is 11.2 Å². The summed E-state index contributed by atoms with van der Waals surface area (Å²) in [6.45, 7) is 2.75. The number of para-hydroxylation sites is 1. The second-order valence-electron chi connectivity index (χ2n) is 4.51. The second kappa shape index (κ2) is 6.10. The Labute approximate surface area is 116 Å². The van der Waals surface area contributed by atoms with Gasteiger partial charge in [-0.15, -0.1) is 0 Å². The number of aromatic amines is 2. The summed E-state index contributed by atoms with van der Waals surface area (Å²) in [7, 11) is 0.